The van der Waals surface area contributed by atoms with Crippen molar-refractivity contribution in [2.75, 3.05) is 25.1 Å². The molecule has 0 bridgehead atoms. The number of likely N-dealkylation sites (N-methyl/N-ethyl adjacent to an activating group) is 1. The maximum Gasteiger partial charge on any atom is 0.131 e. The van der Waals surface area contributed by atoms with E-state index < -0.39 is 0 Å². The zero-order valence-corrected chi connectivity index (χ0v) is 13.6. The molecule has 3 rings (SSSR count). The Morgan fingerprint density at radius 3 is 2.81 bits per heavy atom. The second-order valence-corrected chi connectivity index (χ2v) is 6.54. The van der Waals surface area contributed by atoms with Crippen LogP contribution < -0.4 is 10.2 Å². The molecule has 1 aliphatic carbocycles. The molecule has 1 aliphatic heterocycles. The van der Waals surface area contributed by atoms with E-state index in [0.717, 1.165) is 31.4 Å². The molecule has 5 nitrogen and oxygen atoms in total. The maximum absolute atomic E-state index is 5.88. The van der Waals surface area contributed by atoms with E-state index in [1.807, 2.05) is 11.7 Å². The Morgan fingerprint density at radius 1 is 1.33 bits per heavy atom. The van der Waals surface area contributed by atoms with Crippen LogP contribution in [0.2, 0.25) is 0 Å². The Morgan fingerprint density at radius 2 is 2.14 bits per heavy atom. The summed E-state index contributed by atoms with van der Waals surface area (Å²) in [4.78, 5) is 2.32. The van der Waals surface area contributed by atoms with Crippen molar-refractivity contribution < 1.29 is 4.74 Å². The third-order valence-electron chi connectivity index (χ3n) is 4.57. The Labute approximate surface area is 127 Å². The van der Waals surface area contributed by atoms with Gasteiger partial charge in [-0.15, -0.1) is 0 Å². The summed E-state index contributed by atoms with van der Waals surface area (Å²) in [5, 5.41) is 8.23. The smallest absolute Gasteiger partial charge is 0.131 e. The predicted octanol–water partition coefficient (Wildman–Crippen LogP) is 1.99. The summed E-state index contributed by atoms with van der Waals surface area (Å²) in [6, 6.07) is 0.726. The lowest BCUT2D eigenvalue weighted by Gasteiger charge is -2.29. The highest BCUT2D eigenvalue weighted by atomic mass is 16.5. The number of nitrogens with one attached hydrogen (secondary N) is 1. The molecule has 0 spiro atoms. The van der Waals surface area contributed by atoms with Crippen LogP contribution in [0.3, 0.4) is 0 Å². The molecule has 1 aromatic rings. The van der Waals surface area contributed by atoms with Crippen LogP contribution in [0, 0.1) is 6.92 Å². The monoisotopic (exact) mass is 292 g/mol. The Hall–Kier alpha value is -1.07. The molecular weight excluding hydrogens is 264 g/mol. The Bertz CT molecular complexity index is 475. The summed E-state index contributed by atoms with van der Waals surface area (Å²) in [6.45, 7) is 4.91. The number of aromatic nitrogens is 2. The Kier molecular flexibility index (Phi) is 4.50. The first kappa shape index (κ1) is 14.9. The third-order valence-corrected chi connectivity index (χ3v) is 4.57. The molecule has 5 heteroatoms. The molecule has 0 amide bonds. The van der Waals surface area contributed by atoms with Gasteiger partial charge in [0, 0.05) is 45.4 Å². The summed E-state index contributed by atoms with van der Waals surface area (Å²) in [6.07, 6.45) is 6.68. The lowest BCUT2D eigenvalue weighted by Crippen LogP contribution is -2.35. The number of hydrogen-bond acceptors (Lipinski definition) is 4. The fourth-order valence-corrected chi connectivity index (χ4v) is 3.25. The van der Waals surface area contributed by atoms with E-state index in [4.69, 9.17) is 4.74 Å². The molecule has 2 fully saturated rings. The molecule has 118 valence electrons. The second kappa shape index (κ2) is 6.36. The molecule has 1 atom stereocenters. The first-order chi connectivity index (χ1) is 10.1. The maximum atomic E-state index is 5.88. The van der Waals surface area contributed by atoms with Crippen molar-refractivity contribution in [3.63, 3.8) is 0 Å². The molecule has 1 saturated heterocycles. The predicted molar refractivity (Wildman–Crippen MR) is 84.7 cm³/mol. The number of nitrogens with zero attached hydrogens (tertiary/aromatic N) is 3. The minimum absolute atomic E-state index is 0.364. The van der Waals surface area contributed by atoms with Gasteiger partial charge < -0.3 is 15.0 Å². The van der Waals surface area contributed by atoms with E-state index >= 15 is 0 Å². The van der Waals surface area contributed by atoms with Crippen molar-refractivity contribution in [2.45, 2.75) is 57.7 Å². The van der Waals surface area contributed by atoms with Crippen LogP contribution in [-0.2, 0) is 18.3 Å². The number of aryl methyl sites for hydroxylation is 2. The summed E-state index contributed by atoms with van der Waals surface area (Å²) in [5.41, 5.74) is 2.47. The summed E-state index contributed by atoms with van der Waals surface area (Å²) in [7, 11) is 4.20. The first-order valence-corrected chi connectivity index (χ1v) is 8.23. The average molecular weight is 292 g/mol. The van der Waals surface area contributed by atoms with Gasteiger partial charge in [0.2, 0.25) is 0 Å². The number of hydrogen-bond donors (Lipinski definition) is 1. The van der Waals surface area contributed by atoms with Gasteiger partial charge in [0.25, 0.3) is 0 Å². The molecule has 0 radical (unpaired) electrons. The highest BCUT2D eigenvalue weighted by Gasteiger charge is 2.24. The van der Waals surface area contributed by atoms with Crippen molar-refractivity contribution in [1.29, 1.82) is 0 Å². The summed E-state index contributed by atoms with van der Waals surface area (Å²) in [5.74, 6) is 1.23. The van der Waals surface area contributed by atoms with Gasteiger partial charge in [-0.25, -0.2) is 0 Å². The van der Waals surface area contributed by atoms with Crippen LogP contribution in [-0.4, -0.2) is 42.1 Å². The molecule has 2 aliphatic rings. The van der Waals surface area contributed by atoms with Gasteiger partial charge in [0.05, 0.1) is 11.8 Å². The van der Waals surface area contributed by atoms with Gasteiger partial charge in [-0.05, 0) is 39.0 Å². The van der Waals surface area contributed by atoms with Gasteiger partial charge in [0.15, 0.2) is 0 Å². The highest BCUT2D eigenvalue weighted by Crippen LogP contribution is 2.26. The molecule has 1 N–H and O–H groups in total. The molecule has 1 saturated carbocycles. The molecule has 1 aromatic heterocycles. The van der Waals surface area contributed by atoms with Crippen molar-refractivity contribution in [2.24, 2.45) is 7.05 Å². The Balaban J connectivity index is 1.69. The van der Waals surface area contributed by atoms with Crippen LogP contribution in [0.25, 0.3) is 0 Å². The normalized spacial score (nSPS) is 22.5. The lowest BCUT2D eigenvalue weighted by molar-refractivity contribution is 0.0214. The second-order valence-electron chi connectivity index (χ2n) is 6.54. The molecule has 2 heterocycles. The van der Waals surface area contributed by atoms with E-state index in [1.54, 1.807) is 0 Å². The SMILES string of the molecule is Cc1nn(C)c(N(C)CC2CCCCO2)c1CNC1CC1. The minimum Gasteiger partial charge on any atom is -0.376 e. The lowest BCUT2D eigenvalue weighted by atomic mass is 10.1. The van der Waals surface area contributed by atoms with Crippen molar-refractivity contribution in [1.82, 2.24) is 15.1 Å². The fourth-order valence-electron chi connectivity index (χ4n) is 3.25. The van der Waals surface area contributed by atoms with Crippen LogP contribution in [0.1, 0.15) is 43.4 Å². The summed E-state index contributed by atoms with van der Waals surface area (Å²) < 4.78 is 7.89. The zero-order valence-electron chi connectivity index (χ0n) is 13.6. The summed E-state index contributed by atoms with van der Waals surface area (Å²) >= 11 is 0. The van der Waals surface area contributed by atoms with Gasteiger partial charge in [0.1, 0.15) is 5.82 Å². The van der Waals surface area contributed by atoms with E-state index in [1.165, 1.54) is 43.5 Å². The van der Waals surface area contributed by atoms with Gasteiger partial charge >= 0.3 is 0 Å². The molecule has 0 aromatic carbocycles. The van der Waals surface area contributed by atoms with E-state index in [0.29, 0.717) is 6.10 Å². The van der Waals surface area contributed by atoms with Gasteiger partial charge in [-0.3, -0.25) is 4.68 Å². The van der Waals surface area contributed by atoms with E-state index in [9.17, 15) is 0 Å². The van der Waals surface area contributed by atoms with Crippen LogP contribution in [0.4, 0.5) is 5.82 Å². The van der Waals surface area contributed by atoms with Gasteiger partial charge in [-0.2, -0.15) is 5.10 Å². The first-order valence-electron chi connectivity index (χ1n) is 8.23. The molecule has 21 heavy (non-hydrogen) atoms. The average Bonchev–Trinajstić information content (AvgIpc) is 3.23. The van der Waals surface area contributed by atoms with Crippen molar-refractivity contribution in [3.05, 3.63) is 11.3 Å². The zero-order chi connectivity index (χ0) is 14.8. The quantitative estimate of drug-likeness (QED) is 0.870. The number of anilines is 1. The standard InChI is InChI=1S/C16H28N4O/c1-12-15(10-17-13-7-8-13)16(20(3)18-12)19(2)11-14-6-4-5-9-21-14/h13-14,17H,4-11H2,1-3H3. The highest BCUT2D eigenvalue weighted by molar-refractivity contribution is 5.49. The minimum atomic E-state index is 0.364. The van der Waals surface area contributed by atoms with Crippen molar-refractivity contribution in [3.8, 4) is 0 Å². The molecule has 1 unspecified atom stereocenters. The topological polar surface area (TPSA) is 42.3 Å². The van der Waals surface area contributed by atoms with Crippen LogP contribution in [0.15, 0.2) is 0 Å². The molecular formula is C16H28N4O. The number of ether oxygens (including phenoxy) is 1. The fraction of sp³-hybridized carbons (Fsp3) is 0.812. The van der Waals surface area contributed by atoms with Crippen LogP contribution >= 0.6 is 0 Å². The number of rotatable bonds is 6. The third kappa shape index (κ3) is 3.58. The van der Waals surface area contributed by atoms with Crippen LogP contribution in [0.5, 0.6) is 0 Å². The van der Waals surface area contributed by atoms with Gasteiger partial charge in [-0.1, -0.05) is 0 Å². The van der Waals surface area contributed by atoms with E-state index in [-0.39, 0.29) is 0 Å². The largest absolute Gasteiger partial charge is 0.376 e. The van der Waals surface area contributed by atoms with E-state index in [2.05, 4.69) is 29.3 Å². The van der Waals surface area contributed by atoms with Crippen molar-refractivity contribution >= 4 is 5.82 Å².